The summed E-state index contributed by atoms with van der Waals surface area (Å²) in [6.45, 7) is 4.47. The van der Waals surface area contributed by atoms with Gasteiger partial charge in [-0.1, -0.05) is 26.2 Å². The second kappa shape index (κ2) is 7.56. The lowest BCUT2D eigenvalue weighted by Crippen LogP contribution is -2.39. The molecule has 1 aliphatic rings. The maximum atomic E-state index is 11.8. The van der Waals surface area contributed by atoms with Crippen LogP contribution in [0.4, 0.5) is 4.79 Å². The van der Waals surface area contributed by atoms with Crippen molar-refractivity contribution in [1.82, 2.24) is 10.2 Å². The van der Waals surface area contributed by atoms with Crippen molar-refractivity contribution >= 4 is 17.9 Å². The first kappa shape index (κ1) is 15.2. The molecule has 19 heavy (non-hydrogen) atoms. The summed E-state index contributed by atoms with van der Waals surface area (Å²) < 4.78 is 4.66. The SMILES string of the molecule is CCCCCCNC1=CC(=O)N(C(=O)OCC)C1=O. The number of ether oxygens (including phenoxy) is 1. The van der Waals surface area contributed by atoms with Crippen LogP contribution >= 0.6 is 0 Å². The number of nitrogens with zero attached hydrogens (tertiary/aromatic N) is 1. The van der Waals surface area contributed by atoms with Gasteiger partial charge in [0.2, 0.25) is 0 Å². The quantitative estimate of drug-likeness (QED) is 0.560. The van der Waals surface area contributed by atoms with E-state index in [0.717, 1.165) is 31.8 Å². The van der Waals surface area contributed by atoms with E-state index in [-0.39, 0.29) is 12.3 Å². The van der Waals surface area contributed by atoms with Crippen LogP contribution in [0.5, 0.6) is 0 Å². The van der Waals surface area contributed by atoms with Crippen LogP contribution in [0.25, 0.3) is 0 Å². The summed E-state index contributed by atoms with van der Waals surface area (Å²) in [4.78, 5) is 35.3. The van der Waals surface area contributed by atoms with Gasteiger partial charge in [0, 0.05) is 12.6 Å². The first-order valence-corrected chi connectivity index (χ1v) is 6.62. The third kappa shape index (κ3) is 4.08. The van der Waals surface area contributed by atoms with Crippen LogP contribution in [-0.2, 0) is 14.3 Å². The van der Waals surface area contributed by atoms with Crippen molar-refractivity contribution in [1.29, 1.82) is 0 Å². The number of carbonyl (C=O) groups excluding carboxylic acids is 3. The summed E-state index contributed by atoms with van der Waals surface area (Å²) in [5.74, 6) is -1.29. The Hall–Kier alpha value is -1.85. The number of imide groups is 3. The molecule has 0 unspecified atom stereocenters. The van der Waals surface area contributed by atoms with Crippen molar-refractivity contribution in [2.24, 2.45) is 0 Å². The largest absolute Gasteiger partial charge is 0.449 e. The van der Waals surface area contributed by atoms with Crippen LogP contribution in [0.15, 0.2) is 11.8 Å². The first-order chi connectivity index (χ1) is 9.11. The number of hydrogen-bond acceptors (Lipinski definition) is 5. The van der Waals surface area contributed by atoms with Gasteiger partial charge in [0.05, 0.1) is 6.61 Å². The highest BCUT2D eigenvalue weighted by Crippen LogP contribution is 2.12. The first-order valence-electron chi connectivity index (χ1n) is 6.62. The highest BCUT2D eigenvalue weighted by molar-refractivity contribution is 6.23. The van der Waals surface area contributed by atoms with Crippen molar-refractivity contribution in [2.45, 2.75) is 39.5 Å². The summed E-state index contributed by atoms with van der Waals surface area (Å²) in [7, 11) is 0. The molecule has 0 aromatic rings. The Kier molecular flexibility index (Phi) is 6.05. The predicted octanol–water partition coefficient (Wildman–Crippen LogP) is 1.57. The Morgan fingerprint density at radius 2 is 2.00 bits per heavy atom. The van der Waals surface area contributed by atoms with Gasteiger partial charge in [0.25, 0.3) is 11.8 Å². The minimum atomic E-state index is -0.920. The zero-order valence-corrected chi connectivity index (χ0v) is 11.4. The number of carbonyl (C=O) groups is 3. The van der Waals surface area contributed by atoms with Crippen molar-refractivity contribution in [3.63, 3.8) is 0 Å². The standard InChI is InChI=1S/C13H20N2O4/c1-3-5-6-7-8-14-10-9-11(16)15(12(10)17)13(18)19-4-2/h9,14H,3-8H2,1-2H3. The topological polar surface area (TPSA) is 75.7 Å². The van der Waals surface area contributed by atoms with Gasteiger partial charge in [0.1, 0.15) is 5.70 Å². The van der Waals surface area contributed by atoms with Gasteiger partial charge in [-0.05, 0) is 13.3 Å². The van der Waals surface area contributed by atoms with Crippen LogP contribution in [0.3, 0.4) is 0 Å². The Balaban J connectivity index is 2.45. The van der Waals surface area contributed by atoms with E-state index in [1.807, 2.05) is 0 Å². The van der Waals surface area contributed by atoms with Crippen molar-refractivity contribution in [3.8, 4) is 0 Å². The molecule has 3 amide bonds. The Morgan fingerprint density at radius 1 is 1.26 bits per heavy atom. The smallest absolute Gasteiger partial charge is 0.424 e. The summed E-state index contributed by atoms with van der Waals surface area (Å²) in [6, 6.07) is 0. The van der Waals surface area contributed by atoms with Crippen LogP contribution in [0.2, 0.25) is 0 Å². The molecular weight excluding hydrogens is 248 g/mol. The molecule has 0 aliphatic carbocycles. The minimum Gasteiger partial charge on any atom is -0.449 e. The van der Waals surface area contributed by atoms with Crippen LogP contribution < -0.4 is 5.32 Å². The number of hydrogen-bond donors (Lipinski definition) is 1. The molecule has 0 saturated carbocycles. The lowest BCUT2D eigenvalue weighted by Gasteiger charge is -2.12. The molecule has 0 atom stereocenters. The summed E-state index contributed by atoms with van der Waals surface area (Å²) in [5.41, 5.74) is 0.162. The molecule has 6 nitrogen and oxygen atoms in total. The summed E-state index contributed by atoms with van der Waals surface area (Å²) >= 11 is 0. The molecule has 1 N–H and O–H groups in total. The fourth-order valence-electron chi connectivity index (χ4n) is 1.73. The van der Waals surface area contributed by atoms with Gasteiger partial charge in [-0.2, -0.15) is 4.90 Å². The minimum absolute atomic E-state index is 0.121. The fraction of sp³-hybridized carbons (Fsp3) is 0.615. The predicted molar refractivity (Wildman–Crippen MR) is 69.1 cm³/mol. The van der Waals surface area contributed by atoms with E-state index in [2.05, 4.69) is 17.0 Å². The van der Waals surface area contributed by atoms with E-state index >= 15 is 0 Å². The van der Waals surface area contributed by atoms with Gasteiger partial charge in [-0.3, -0.25) is 9.59 Å². The monoisotopic (exact) mass is 268 g/mol. The fourth-order valence-corrected chi connectivity index (χ4v) is 1.73. The molecule has 106 valence electrons. The molecule has 6 heteroatoms. The van der Waals surface area contributed by atoms with Crippen molar-refractivity contribution < 1.29 is 19.1 Å². The molecule has 1 heterocycles. The molecule has 0 aromatic heterocycles. The van der Waals surface area contributed by atoms with Gasteiger partial charge in [0.15, 0.2) is 0 Å². The lowest BCUT2D eigenvalue weighted by molar-refractivity contribution is -0.135. The molecule has 1 aliphatic heterocycles. The molecule has 0 fully saturated rings. The van der Waals surface area contributed by atoms with Crippen LogP contribution in [0.1, 0.15) is 39.5 Å². The van der Waals surface area contributed by atoms with E-state index in [0.29, 0.717) is 11.4 Å². The van der Waals surface area contributed by atoms with E-state index in [9.17, 15) is 14.4 Å². The van der Waals surface area contributed by atoms with Crippen LogP contribution in [0, 0.1) is 0 Å². The van der Waals surface area contributed by atoms with Crippen molar-refractivity contribution in [3.05, 3.63) is 11.8 Å². The third-order valence-electron chi connectivity index (χ3n) is 2.72. The van der Waals surface area contributed by atoms with E-state index in [4.69, 9.17) is 0 Å². The van der Waals surface area contributed by atoms with Crippen LogP contribution in [-0.4, -0.2) is 36.0 Å². The molecular formula is C13H20N2O4. The molecule has 1 rings (SSSR count). The number of amides is 3. The van der Waals surface area contributed by atoms with Gasteiger partial charge in [-0.25, -0.2) is 4.79 Å². The third-order valence-corrected chi connectivity index (χ3v) is 2.72. The highest BCUT2D eigenvalue weighted by atomic mass is 16.6. The Bertz CT molecular complexity index is 390. The second-order valence-electron chi connectivity index (χ2n) is 4.22. The van der Waals surface area contributed by atoms with E-state index < -0.39 is 17.9 Å². The Labute approximate surface area is 112 Å². The maximum absolute atomic E-state index is 11.8. The molecule has 0 spiro atoms. The van der Waals surface area contributed by atoms with Gasteiger partial charge >= 0.3 is 6.09 Å². The zero-order chi connectivity index (χ0) is 14.3. The number of nitrogens with one attached hydrogen (secondary N) is 1. The Morgan fingerprint density at radius 3 is 2.63 bits per heavy atom. The zero-order valence-electron chi connectivity index (χ0n) is 11.4. The number of unbranched alkanes of at least 4 members (excludes halogenated alkanes) is 3. The molecule has 0 radical (unpaired) electrons. The highest BCUT2D eigenvalue weighted by Gasteiger charge is 2.37. The van der Waals surface area contributed by atoms with E-state index in [1.165, 1.54) is 0 Å². The normalized spacial score (nSPS) is 14.6. The molecule has 0 aromatic carbocycles. The molecule has 0 bridgehead atoms. The van der Waals surface area contributed by atoms with Crippen molar-refractivity contribution in [2.75, 3.05) is 13.2 Å². The van der Waals surface area contributed by atoms with Gasteiger partial charge < -0.3 is 10.1 Å². The van der Waals surface area contributed by atoms with E-state index in [1.54, 1.807) is 6.92 Å². The van der Waals surface area contributed by atoms with Gasteiger partial charge in [-0.15, -0.1) is 0 Å². The molecule has 0 saturated heterocycles. The average Bonchev–Trinajstić information content (AvgIpc) is 2.64. The second-order valence-corrected chi connectivity index (χ2v) is 4.22. The lowest BCUT2D eigenvalue weighted by atomic mass is 10.2. The summed E-state index contributed by atoms with van der Waals surface area (Å²) in [6.07, 6.45) is 4.49. The average molecular weight is 268 g/mol. The number of rotatable bonds is 7. The maximum Gasteiger partial charge on any atom is 0.424 e. The summed E-state index contributed by atoms with van der Waals surface area (Å²) in [5, 5.41) is 2.89.